The molecule has 1 aromatic carbocycles. The van der Waals surface area contributed by atoms with Gasteiger partial charge in [-0.2, -0.15) is 0 Å². The van der Waals surface area contributed by atoms with Gasteiger partial charge in [-0.1, -0.05) is 31.0 Å². The molecule has 0 heterocycles. The molecule has 0 aromatic heterocycles. The predicted octanol–water partition coefficient (Wildman–Crippen LogP) is 2.88. The summed E-state index contributed by atoms with van der Waals surface area (Å²) in [6.07, 6.45) is 9.30. The largest absolute Gasteiger partial charge is 0.396 e. The number of hydrogen-bond acceptors (Lipinski definition) is 2. The third kappa shape index (κ3) is 2.51. The topological polar surface area (TPSA) is 40.5 Å². The highest BCUT2D eigenvalue weighted by Crippen LogP contribution is 2.42. The number of hydrogen-bond donors (Lipinski definition) is 2. The summed E-state index contributed by atoms with van der Waals surface area (Å²) < 4.78 is 0. The first kappa shape index (κ1) is 14.1. The summed E-state index contributed by atoms with van der Waals surface area (Å²) in [6.45, 7) is 0.205. The minimum atomic E-state index is -0.316. The van der Waals surface area contributed by atoms with Crippen LogP contribution in [0.1, 0.15) is 48.8 Å². The summed E-state index contributed by atoms with van der Waals surface area (Å²) in [5.74, 6) is 0.478. The van der Waals surface area contributed by atoms with Gasteiger partial charge in [0.15, 0.2) is 0 Å². The standard InChI is InChI=1S/C18H26O2/c19-12-18(13-20,17-6-1-2-7-17)11-14-8-9-15-4-3-5-16(15)10-14/h8-10,17,19-20H,1-7,11-13H2. The first-order chi connectivity index (χ1) is 9.77. The van der Waals surface area contributed by atoms with Crippen LogP contribution in [0.3, 0.4) is 0 Å². The molecule has 0 radical (unpaired) electrons. The number of benzene rings is 1. The van der Waals surface area contributed by atoms with Crippen molar-refractivity contribution in [2.24, 2.45) is 11.3 Å². The van der Waals surface area contributed by atoms with Gasteiger partial charge in [0.25, 0.3) is 0 Å². The molecular formula is C18H26O2. The molecule has 0 atom stereocenters. The second-order valence-corrected chi connectivity index (χ2v) is 6.79. The molecule has 1 fully saturated rings. The van der Waals surface area contributed by atoms with Crippen LogP contribution in [0.2, 0.25) is 0 Å². The van der Waals surface area contributed by atoms with Crippen molar-refractivity contribution in [3.05, 3.63) is 34.9 Å². The predicted molar refractivity (Wildman–Crippen MR) is 80.7 cm³/mol. The lowest BCUT2D eigenvalue weighted by Crippen LogP contribution is -2.39. The maximum atomic E-state index is 9.93. The van der Waals surface area contributed by atoms with Crippen LogP contribution >= 0.6 is 0 Å². The Balaban J connectivity index is 1.82. The molecule has 1 aromatic rings. The summed E-state index contributed by atoms with van der Waals surface area (Å²) in [7, 11) is 0. The van der Waals surface area contributed by atoms with Crippen LogP contribution in [-0.2, 0) is 19.3 Å². The van der Waals surface area contributed by atoms with Gasteiger partial charge in [0, 0.05) is 5.41 Å². The van der Waals surface area contributed by atoms with E-state index in [1.807, 2.05) is 0 Å². The fourth-order valence-electron chi connectivity index (χ4n) is 4.24. The smallest absolute Gasteiger partial charge is 0.0515 e. The van der Waals surface area contributed by atoms with Crippen LogP contribution in [0.25, 0.3) is 0 Å². The zero-order chi connectivity index (χ0) is 14.0. The lowest BCUT2D eigenvalue weighted by Gasteiger charge is -2.36. The molecule has 2 aliphatic rings. The molecule has 3 rings (SSSR count). The van der Waals surface area contributed by atoms with E-state index in [9.17, 15) is 10.2 Å². The zero-order valence-corrected chi connectivity index (χ0v) is 12.3. The van der Waals surface area contributed by atoms with Crippen molar-refractivity contribution in [2.75, 3.05) is 13.2 Å². The van der Waals surface area contributed by atoms with Crippen LogP contribution in [0.5, 0.6) is 0 Å². The fourth-order valence-corrected chi connectivity index (χ4v) is 4.24. The van der Waals surface area contributed by atoms with Gasteiger partial charge in [-0.15, -0.1) is 0 Å². The maximum Gasteiger partial charge on any atom is 0.0515 e. The van der Waals surface area contributed by atoms with Gasteiger partial charge in [-0.05, 0) is 61.1 Å². The second-order valence-electron chi connectivity index (χ2n) is 6.79. The van der Waals surface area contributed by atoms with Crippen molar-refractivity contribution < 1.29 is 10.2 Å². The fraction of sp³-hybridized carbons (Fsp3) is 0.667. The molecule has 0 bridgehead atoms. The van der Waals surface area contributed by atoms with Gasteiger partial charge >= 0.3 is 0 Å². The van der Waals surface area contributed by atoms with Crippen molar-refractivity contribution in [3.8, 4) is 0 Å². The lowest BCUT2D eigenvalue weighted by molar-refractivity contribution is 0.00569. The molecule has 1 saturated carbocycles. The van der Waals surface area contributed by atoms with Crippen molar-refractivity contribution in [3.63, 3.8) is 0 Å². The van der Waals surface area contributed by atoms with E-state index >= 15 is 0 Å². The summed E-state index contributed by atoms with van der Waals surface area (Å²) in [5.41, 5.74) is 3.95. The molecule has 2 heteroatoms. The number of aryl methyl sites for hydroxylation is 2. The van der Waals surface area contributed by atoms with Crippen LogP contribution in [0.4, 0.5) is 0 Å². The Morgan fingerprint density at radius 3 is 2.35 bits per heavy atom. The van der Waals surface area contributed by atoms with Crippen LogP contribution in [0, 0.1) is 11.3 Å². The van der Waals surface area contributed by atoms with Crippen LogP contribution in [-0.4, -0.2) is 23.4 Å². The van der Waals surface area contributed by atoms with Crippen LogP contribution in [0.15, 0.2) is 18.2 Å². The van der Waals surface area contributed by atoms with Gasteiger partial charge in [0.2, 0.25) is 0 Å². The molecule has 110 valence electrons. The highest BCUT2D eigenvalue weighted by molar-refractivity contribution is 5.35. The van der Waals surface area contributed by atoms with E-state index in [0.717, 1.165) is 19.3 Å². The average molecular weight is 274 g/mol. The van der Waals surface area contributed by atoms with Gasteiger partial charge in [-0.3, -0.25) is 0 Å². The molecule has 2 N–H and O–H groups in total. The Labute approximate surface area is 121 Å². The second kappa shape index (κ2) is 5.87. The van der Waals surface area contributed by atoms with E-state index in [2.05, 4.69) is 18.2 Å². The highest BCUT2D eigenvalue weighted by atomic mass is 16.3. The van der Waals surface area contributed by atoms with Gasteiger partial charge in [0.1, 0.15) is 0 Å². The van der Waals surface area contributed by atoms with Gasteiger partial charge < -0.3 is 10.2 Å². The van der Waals surface area contributed by atoms with E-state index in [1.54, 1.807) is 0 Å². The quantitative estimate of drug-likeness (QED) is 0.867. The average Bonchev–Trinajstić information content (AvgIpc) is 3.15. The molecular weight excluding hydrogens is 248 g/mol. The number of aliphatic hydroxyl groups is 2. The van der Waals surface area contributed by atoms with Crippen LogP contribution < -0.4 is 0 Å². The Kier molecular flexibility index (Phi) is 4.13. The molecule has 2 aliphatic carbocycles. The lowest BCUT2D eigenvalue weighted by atomic mass is 9.71. The normalized spacial score (nSPS) is 19.5. The Morgan fingerprint density at radius 1 is 0.950 bits per heavy atom. The van der Waals surface area contributed by atoms with Crippen molar-refractivity contribution >= 4 is 0 Å². The molecule has 0 aliphatic heterocycles. The molecule has 0 spiro atoms. The third-order valence-corrected chi connectivity index (χ3v) is 5.57. The molecule has 0 unspecified atom stereocenters. The molecule has 0 amide bonds. The zero-order valence-electron chi connectivity index (χ0n) is 12.3. The number of rotatable bonds is 5. The number of fused-ring (bicyclic) bond motifs is 1. The SMILES string of the molecule is OCC(CO)(Cc1ccc2c(c1)CCC2)C1CCCC1. The van der Waals surface area contributed by atoms with E-state index in [0.29, 0.717) is 5.92 Å². The Morgan fingerprint density at radius 2 is 1.65 bits per heavy atom. The molecule has 0 saturated heterocycles. The first-order valence-electron chi connectivity index (χ1n) is 8.10. The van der Waals surface area contributed by atoms with Crippen molar-refractivity contribution in [1.82, 2.24) is 0 Å². The molecule has 2 nitrogen and oxygen atoms in total. The van der Waals surface area contributed by atoms with Gasteiger partial charge in [0.05, 0.1) is 13.2 Å². The number of aliphatic hydroxyl groups excluding tert-OH is 2. The summed E-state index contributed by atoms with van der Waals surface area (Å²) in [5, 5.41) is 19.9. The van der Waals surface area contributed by atoms with E-state index in [4.69, 9.17) is 0 Å². The van der Waals surface area contributed by atoms with E-state index in [1.165, 1.54) is 48.8 Å². The van der Waals surface area contributed by atoms with Crippen molar-refractivity contribution in [2.45, 2.75) is 51.4 Å². The first-order valence-corrected chi connectivity index (χ1v) is 8.10. The van der Waals surface area contributed by atoms with Gasteiger partial charge in [-0.25, -0.2) is 0 Å². The monoisotopic (exact) mass is 274 g/mol. The summed E-state index contributed by atoms with van der Waals surface area (Å²) in [6, 6.07) is 6.78. The minimum absolute atomic E-state index is 0.102. The Bertz CT molecular complexity index is 456. The van der Waals surface area contributed by atoms with E-state index in [-0.39, 0.29) is 18.6 Å². The Hall–Kier alpha value is -0.860. The third-order valence-electron chi connectivity index (χ3n) is 5.57. The van der Waals surface area contributed by atoms with Crippen molar-refractivity contribution in [1.29, 1.82) is 0 Å². The van der Waals surface area contributed by atoms with E-state index < -0.39 is 0 Å². The summed E-state index contributed by atoms with van der Waals surface area (Å²) in [4.78, 5) is 0. The maximum absolute atomic E-state index is 9.93. The summed E-state index contributed by atoms with van der Waals surface area (Å²) >= 11 is 0. The highest BCUT2D eigenvalue weighted by Gasteiger charge is 2.39. The minimum Gasteiger partial charge on any atom is -0.396 e. The molecule has 20 heavy (non-hydrogen) atoms.